The fraction of sp³-hybridized carbons (Fsp3) is 0.364. The van der Waals surface area contributed by atoms with Gasteiger partial charge in [-0.2, -0.15) is 0 Å². The summed E-state index contributed by atoms with van der Waals surface area (Å²) in [6, 6.07) is 4.39. The first-order chi connectivity index (χ1) is 8.35. The topological polar surface area (TPSA) is 26.3 Å². The number of carbonyl (C=O) groups is 1. The van der Waals surface area contributed by atoms with Crippen LogP contribution >= 0.6 is 31.9 Å². The van der Waals surface area contributed by atoms with Gasteiger partial charge in [0.2, 0.25) is 0 Å². The summed E-state index contributed by atoms with van der Waals surface area (Å²) < 4.78 is 40.7. The average Bonchev–Trinajstić information content (AvgIpc) is 2.29. The molecule has 0 saturated carbocycles. The zero-order valence-electron chi connectivity index (χ0n) is 9.06. The Morgan fingerprint density at radius 2 is 1.94 bits per heavy atom. The van der Waals surface area contributed by atoms with Crippen molar-refractivity contribution in [3.05, 3.63) is 29.3 Å². The molecule has 1 aromatic rings. The molecule has 1 rings (SSSR count). The number of ether oxygens (including phenoxy) is 1. The zero-order valence-corrected chi connectivity index (χ0v) is 12.2. The van der Waals surface area contributed by atoms with Crippen LogP contribution in [0.1, 0.15) is 11.1 Å². The highest BCUT2D eigenvalue weighted by molar-refractivity contribution is 9.09. The molecule has 18 heavy (non-hydrogen) atoms. The van der Waals surface area contributed by atoms with Gasteiger partial charge in [-0.05, 0) is 11.6 Å². The lowest BCUT2D eigenvalue weighted by molar-refractivity contribution is -0.274. The van der Waals surface area contributed by atoms with Crippen LogP contribution in [0.25, 0.3) is 0 Å². The molecule has 0 aliphatic rings. The molecular formula is C11H9Br2F3O2. The second-order valence-electron chi connectivity index (χ2n) is 3.47. The van der Waals surface area contributed by atoms with Crippen LogP contribution in [0.2, 0.25) is 0 Å². The SMILES string of the molecule is O=C(CBr)Cc1ccc(CBr)cc1OC(F)(F)F. The number of halogens is 5. The van der Waals surface area contributed by atoms with E-state index in [0.717, 1.165) is 0 Å². The fourth-order valence-electron chi connectivity index (χ4n) is 1.31. The van der Waals surface area contributed by atoms with Gasteiger partial charge in [0, 0.05) is 17.3 Å². The summed E-state index contributed by atoms with van der Waals surface area (Å²) in [5.74, 6) is -0.539. The van der Waals surface area contributed by atoms with Gasteiger partial charge in [0.15, 0.2) is 0 Å². The van der Waals surface area contributed by atoms with Crippen molar-refractivity contribution in [1.82, 2.24) is 0 Å². The van der Waals surface area contributed by atoms with E-state index in [0.29, 0.717) is 10.9 Å². The molecule has 0 aliphatic carbocycles. The maximum atomic E-state index is 12.2. The van der Waals surface area contributed by atoms with Crippen LogP contribution in [0, 0.1) is 0 Å². The second-order valence-corrected chi connectivity index (χ2v) is 4.59. The van der Waals surface area contributed by atoms with Gasteiger partial charge in [0.05, 0.1) is 5.33 Å². The third-order valence-corrected chi connectivity index (χ3v) is 3.32. The van der Waals surface area contributed by atoms with Crippen LogP contribution in [0.5, 0.6) is 5.75 Å². The van der Waals surface area contributed by atoms with Gasteiger partial charge < -0.3 is 4.74 Å². The van der Waals surface area contributed by atoms with Crippen LogP contribution in [-0.2, 0) is 16.5 Å². The number of Topliss-reactive ketones (excluding diaryl/α,β-unsaturated/α-hetero) is 1. The lowest BCUT2D eigenvalue weighted by Gasteiger charge is -2.13. The quantitative estimate of drug-likeness (QED) is 0.712. The normalized spacial score (nSPS) is 11.4. The van der Waals surface area contributed by atoms with Crippen molar-refractivity contribution in [3.8, 4) is 5.75 Å². The van der Waals surface area contributed by atoms with Crippen molar-refractivity contribution in [2.75, 3.05) is 5.33 Å². The second kappa shape index (κ2) is 6.56. The molecule has 0 spiro atoms. The molecule has 0 bridgehead atoms. The number of alkyl halides is 5. The van der Waals surface area contributed by atoms with Gasteiger partial charge >= 0.3 is 6.36 Å². The van der Waals surface area contributed by atoms with Crippen molar-refractivity contribution in [2.24, 2.45) is 0 Å². The molecule has 2 nitrogen and oxygen atoms in total. The van der Waals surface area contributed by atoms with Gasteiger partial charge in [0.25, 0.3) is 0 Å². The molecule has 0 heterocycles. The largest absolute Gasteiger partial charge is 0.573 e. The molecule has 7 heteroatoms. The monoisotopic (exact) mass is 388 g/mol. The fourth-order valence-corrected chi connectivity index (χ4v) is 1.85. The van der Waals surface area contributed by atoms with E-state index in [-0.39, 0.29) is 28.8 Å². The van der Waals surface area contributed by atoms with Gasteiger partial charge in [0.1, 0.15) is 11.5 Å². The molecular weight excluding hydrogens is 381 g/mol. The summed E-state index contributed by atoms with van der Waals surface area (Å²) in [4.78, 5) is 11.3. The molecule has 0 radical (unpaired) electrons. The van der Waals surface area contributed by atoms with Gasteiger partial charge in [-0.3, -0.25) is 4.79 Å². The summed E-state index contributed by atoms with van der Waals surface area (Å²) in [7, 11) is 0. The predicted molar refractivity (Wildman–Crippen MR) is 68.3 cm³/mol. The van der Waals surface area contributed by atoms with Crippen molar-refractivity contribution in [2.45, 2.75) is 18.1 Å². The van der Waals surface area contributed by atoms with Crippen LogP contribution in [0.15, 0.2) is 18.2 Å². The Kier molecular flexibility index (Phi) is 5.65. The van der Waals surface area contributed by atoms with Gasteiger partial charge in [-0.1, -0.05) is 44.0 Å². The van der Waals surface area contributed by atoms with Crippen molar-refractivity contribution >= 4 is 37.6 Å². The van der Waals surface area contributed by atoms with E-state index < -0.39 is 6.36 Å². The first kappa shape index (κ1) is 15.5. The number of benzene rings is 1. The van der Waals surface area contributed by atoms with Crippen molar-refractivity contribution in [3.63, 3.8) is 0 Å². The Labute approximate surface area is 119 Å². The summed E-state index contributed by atoms with van der Waals surface area (Å²) in [5.41, 5.74) is 0.866. The Bertz CT molecular complexity index is 433. The first-order valence-electron chi connectivity index (χ1n) is 4.87. The minimum atomic E-state index is -4.77. The van der Waals surface area contributed by atoms with E-state index in [2.05, 4.69) is 36.6 Å². The summed E-state index contributed by atoms with van der Waals surface area (Å²) in [6.45, 7) is 0. The molecule has 100 valence electrons. The maximum absolute atomic E-state index is 12.2. The van der Waals surface area contributed by atoms with Gasteiger partial charge in [-0.15, -0.1) is 13.2 Å². The predicted octanol–water partition coefficient (Wildman–Crippen LogP) is 3.99. The van der Waals surface area contributed by atoms with Crippen LogP contribution < -0.4 is 4.74 Å². The summed E-state index contributed by atoms with van der Waals surface area (Å²) >= 11 is 6.12. The standard InChI is InChI=1S/C11H9Br2F3O2/c12-5-7-1-2-8(4-9(17)6-13)10(3-7)18-11(14,15)16/h1-3H,4-6H2. The third-order valence-electron chi connectivity index (χ3n) is 2.05. The van der Waals surface area contributed by atoms with Crippen molar-refractivity contribution < 1.29 is 22.7 Å². The van der Waals surface area contributed by atoms with Crippen molar-refractivity contribution in [1.29, 1.82) is 0 Å². The molecule has 0 N–H and O–H groups in total. The lowest BCUT2D eigenvalue weighted by atomic mass is 10.1. The van der Waals surface area contributed by atoms with E-state index in [4.69, 9.17) is 0 Å². The van der Waals surface area contributed by atoms with Crippen LogP contribution in [0.3, 0.4) is 0 Å². The number of ketones is 1. The summed E-state index contributed by atoms with van der Waals surface area (Å²) in [5, 5.41) is 0.506. The Balaban J connectivity index is 3.04. The first-order valence-corrected chi connectivity index (χ1v) is 7.11. The Hall–Kier alpha value is -0.560. The minimum absolute atomic E-state index is 0.0959. The molecule has 1 aromatic carbocycles. The van der Waals surface area contributed by atoms with Crippen LogP contribution in [-0.4, -0.2) is 17.5 Å². The number of hydrogen-bond acceptors (Lipinski definition) is 2. The number of hydrogen-bond donors (Lipinski definition) is 0. The van der Waals surface area contributed by atoms with E-state index in [1.54, 1.807) is 6.07 Å². The summed E-state index contributed by atoms with van der Waals surface area (Å²) in [6.07, 6.45) is -4.86. The molecule has 0 atom stereocenters. The molecule has 0 aliphatic heterocycles. The van der Waals surface area contributed by atoms with E-state index in [1.165, 1.54) is 12.1 Å². The zero-order chi connectivity index (χ0) is 13.8. The Morgan fingerprint density at radius 1 is 1.28 bits per heavy atom. The van der Waals surface area contributed by atoms with Gasteiger partial charge in [-0.25, -0.2) is 0 Å². The molecule has 0 saturated heterocycles. The minimum Gasteiger partial charge on any atom is -0.405 e. The molecule has 0 aromatic heterocycles. The third kappa shape index (κ3) is 4.97. The molecule has 0 fully saturated rings. The van der Waals surface area contributed by atoms with E-state index >= 15 is 0 Å². The number of carbonyl (C=O) groups excluding carboxylic acids is 1. The highest BCUT2D eigenvalue weighted by Crippen LogP contribution is 2.28. The smallest absolute Gasteiger partial charge is 0.405 e. The lowest BCUT2D eigenvalue weighted by Crippen LogP contribution is -2.19. The highest BCUT2D eigenvalue weighted by atomic mass is 79.9. The highest BCUT2D eigenvalue weighted by Gasteiger charge is 2.32. The molecule has 0 unspecified atom stereocenters. The Morgan fingerprint density at radius 3 is 2.44 bits per heavy atom. The number of rotatable bonds is 5. The van der Waals surface area contributed by atoms with E-state index in [1.807, 2.05) is 0 Å². The average molecular weight is 390 g/mol. The van der Waals surface area contributed by atoms with Crippen LogP contribution in [0.4, 0.5) is 13.2 Å². The van der Waals surface area contributed by atoms with E-state index in [9.17, 15) is 18.0 Å². The maximum Gasteiger partial charge on any atom is 0.573 e. The molecule has 0 amide bonds.